The molecule has 0 saturated heterocycles. The minimum absolute atomic E-state index is 0.00840. The van der Waals surface area contributed by atoms with Crippen molar-refractivity contribution in [2.24, 2.45) is 0 Å². The SMILES string of the molecule is O=C(NCCCO)C1=C[C@H]2Sc3ccccc3[C@H]2S1. The van der Waals surface area contributed by atoms with Crippen LogP contribution in [-0.4, -0.2) is 29.4 Å². The number of aliphatic hydroxyl groups excluding tert-OH is 1. The maximum Gasteiger partial charge on any atom is 0.257 e. The Kier molecular flexibility index (Phi) is 3.86. The Labute approximate surface area is 120 Å². The molecule has 0 radical (unpaired) electrons. The molecule has 2 N–H and O–H groups in total. The molecule has 19 heavy (non-hydrogen) atoms. The molecule has 2 heterocycles. The van der Waals surface area contributed by atoms with E-state index < -0.39 is 0 Å². The molecular formula is C14H15NO2S2. The van der Waals surface area contributed by atoms with Crippen molar-refractivity contribution in [1.29, 1.82) is 0 Å². The van der Waals surface area contributed by atoms with Crippen molar-refractivity contribution in [2.45, 2.75) is 21.8 Å². The number of aliphatic hydroxyl groups is 1. The largest absolute Gasteiger partial charge is 0.396 e. The van der Waals surface area contributed by atoms with Crippen molar-refractivity contribution < 1.29 is 9.90 Å². The van der Waals surface area contributed by atoms with Gasteiger partial charge in [0.05, 0.1) is 10.2 Å². The second kappa shape index (κ2) is 5.61. The molecule has 2 aliphatic heterocycles. The normalized spacial score (nSPS) is 23.7. The molecular weight excluding hydrogens is 278 g/mol. The van der Waals surface area contributed by atoms with Crippen LogP contribution in [0.4, 0.5) is 0 Å². The van der Waals surface area contributed by atoms with Crippen molar-refractivity contribution in [3.05, 3.63) is 40.8 Å². The molecule has 0 spiro atoms. The first-order valence-electron chi connectivity index (χ1n) is 6.32. The highest BCUT2D eigenvalue weighted by Gasteiger charge is 2.39. The first kappa shape index (κ1) is 13.1. The van der Waals surface area contributed by atoms with Gasteiger partial charge in [-0.25, -0.2) is 0 Å². The molecule has 2 aliphatic rings. The van der Waals surface area contributed by atoms with Gasteiger partial charge in [-0.2, -0.15) is 0 Å². The summed E-state index contributed by atoms with van der Waals surface area (Å²) in [5, 5.41) is 12.3. The van der Waals surface area contributed by atoms with E-state index in [1.807, 2.05) is 11.8 Å². The molecule has 1 amide bonds. The van der Waals surface area contributed by atoms with E-state index in [-0.39, 0.29) is 12.5 Å². The van der Waals surface area contributed by atoms with Gasteiger partial charge < -0.3 is 10.4 Å². The second-order valence-corrected chi connectivity index (χ2v) is 6.93. The van der Waals surface area contributed by atoms with Gasteiger partial charge in [-0.05, 0) is 18.1 Å². The predicted octanol–water partition coefficient (Wildman–Crippen LogP) is 2.33. The van der Waals surface area contributed by atoms with Gasteiger partial charge in [0.25, 0.3) is 5.91 Å². The number of nitrogens with one attached hydrogen (secondary N) is 1. The van der Waals surface area contributed by atoms with Gasteiger partial charge in [0.15, 0.2) is 0 Å². The standard InChI is InChI=1S/C14H15NO2S2/c16-7-3-6-15-14(17)12-8-11-13(19-12)9-4-1-2-5-10(9)18-11/h1-2,4-5,8,11,13,16H,3,6-7H2,(H,15,17)/t11-,13-/m1/s1. The summed E-state index contributed by atoms with van der Waals surface area (Å²) < 4.78 is 0. The third kappa shape index (κ3) is 2.55. The molecule has 0 bridgehead atoms. The number of thioether (sulfide) groups is 2. The maximum atomic E-state index is 12.0. The Hall–Kier alpha value is -0.910. The summed E-state index contributed by atoms with van der Waals surface area (Å²) in [6, 6.07) is 8.42. The van der Waals surface area contributed by atoms with Gasteiger partial charge in [0.2, 0.25) is 0 Å². The molecule has 0 fully saturated rings. The smallest absolute Gasteiger partial charge is 0.257 e. The number of hydrogen-bond acceptors (Lipinski definition) is 4. The zero-order chi connectivity index (χ0) is 13.2. The maximum absolute atomic E-state index is 12.0. The lowest BCUT2D eigenvalue weighted by atomic mass is 10.1. The highest BCUT2D eigenvalue weighted by atomic mass is 32.2. The third-order valence-electron chi connectivity index (χ3n) is 3.20. The summed E-state index contributed by atoms with van der Waals surface area (Å²) in [6.45, 7) is 0.646. The van der Waals surface area contributed by atoms with Crippen LogP contribution in [0.25, 0.3) is 0 Å². The predicted molar refractivity (Wildman–Crippen MR) is 79.2 cm³/mol. The van der Waals surface area contributed by atoms with E-state index >= 15 is 0 Å². The van der Waals surface area contributed by atoms with Crippen LogP contribution < -0.4 is 5.32 Å². The van der Waals surface area contributed by atoms with Crippen molar-refractivity contribution in [2.75, 3.05) is 13.2 Å². The van der Waals surface area contributed by atoms with E-state index in [9.17, 15) is 4.79 Å². The Morgan fingerprint density at radius 2 is 2.16 bits per heavy atom. The van der Waals surface area contributed by atoms with Crippen LogP contribution in [-0.2, 0) is 4.79 Å². The molecule has 2 atom stereocenters. The number of hydrogen-bond donors (Lipinski definition) is 2. The first-order chi connectivity index (χ1) is 9.29. The Morgan fingerprint density at radius 3 is 3.00 bits per heavy atom. The van der Waals surface area contributed by atoms with Crippen LogP contribution in [0.15, 0.2) is 40.1 Å². The minimum atomic E-state index is -0.00840. The summed E-state index contributed by atoms with van der Waals surface area (Å²) in [5.74, 6) is -0.00840. The highest BCUT2D eigenvalue weighted by Crippen LogP contribution is 2.57. The lowest BCUT2D eigenvalue weighted by molar-refractivity contribution is -0.116. The zero-order valence-corrected chi connectivity index (χ0v) is 12.0. The second-order valence-electron chi connectivity index (χ2n) is 4.52. The molecule has 1 aromatic rings. The van der Waals surface area contributed by atoms with Crippen LogP contribution in [0.5, 0.6) is 0 Å². The van der Waals surface area contributed by atoms with Gasteiger partial charge in [0.1, 0.15) is 0 Å². The number of carbonyl (C=O) groups excluding carboxylic acids is 1. The Balaban J connectivity index is 1.66. The molecule has 1 aromatic carbocycles. The molecule has 0 aromatic heterocycles. The fraction of sp³-hybridized carbons (Fsp3) is 0.357. The molecule has 100 valence electrons. The lowest BCUT2D eigenvalue weighted by Gasteiger charge is -2.09. The Morgan fingerprint density at radius 1 is 1.32 bits per heavy atom. The fourth-order valence-corrected chi connectivity index (χ4v) is 5.26. The van der Waals surface area contributed by atoms with Gasteiger partial charge in [-0.1, -0.05) is 24.3 Å². The number of amides is 1. The number of rotatable bonds is 4. The molecule has 0 saturated carbocycles. The minimum Gasteiger partial charge on any atom is -0.396 e. The van der Waals surface area contributed by atoms with Crippen LogP contribution in [0, 0.1) is 0 Å². The van der Waals surface area contributed by atoms with Crippen LogP contribution in [0.1, 0.15) is 17.2 Å². The van der Waals surface area contributed by atoms with E-state index in [2.05, 4.69) is 35.7 Å². The highest BCUT2D eigenvalue weighted by molar-refractivity contribution is 8.07. The topological polar surface area (TPSA) is 49.3 Å². The lowest BCUT2D eigenvalue weighted by Crippen LogP contribution is -2.25. The number of fused-ring (bicyclic) bond motifs is 3. The molecule has 5 heteroatoms. The fourth-order valence-electron chi connectivity index (χ4n) is 2.28. The first-order valence-corrected chi connectivity index (χ1v) is 8.08. The van der Waals surface area contributed by atoms with E-state index in [0.717, 1.165) is 4.91 Å². The molecule has 0 unspecified atom stereocenters. The Bertz CT molecular complexity index is 530. The van der Waals surface area contributed by atoms with Crippen molar-refractivity contribution in [1.82, 2.24) is 5.32 Å². The quantitative estimate of drug-likeness (QED) is 0.837. The van der Waals surface area contributed by atoms with Crippen LogP contribution in [0.2, 0.25) is 0 Å². The van der Waals surface area contributed by atoms with Crippen molar-refractivity contribution in [3.63, 3.8) is 0 Å². The molecule has 3 nitrogen and oxygen atoms in total. The van der Waals surface area contributed by atoms with Crippen molar-refractivity contribution >= 4 is 29.4 Å². The summed E-state index contributed by atoms with van der Waals surface area (Å²) >= 11 is 3.49. The van der Waals surface area contributed by atoms with E-state index in [4.69, 9.17) is 5.11 Å². The van der Waals surface area contributed by atoms with Gasteiger partial charge in [-0.15, -0.1) is 23.5 Å². The van der Waals surface area contributed by atoms with Gasteiger partial charge in [-0.3, -0.25) is 4.79 Å². The average molecular weight is 293 g/mol. The summed E-state index contributed by atoms with van der Waals surface area (Å²) in [6.07, 6.45) is 2.68. The average Bonchev–Trinajstić information content (AvgIpc) is 2.96. The van der Waals surface area contributed by atoms with Crippen LogP contribution >= 0.6 is 23.5 Å². The van der Waals surface area contributed by atoms with Crippen molar-refractivity contribution in [3.8, 4) is 0 Å². The summed E-state index contributed by atoms with van der Waals surface area (Å²) in [4.78, 5) is 14.1. The summed E-state index contributed by atoms with van der Waals surface area (Å²) in [7, 11) is 0. The van der Waals surface area contributed by atoms with Gasteiger partial charge >= 0.3 is 0 Å². The monoisotopic (exact) mass is 293 g/mol. The third-order valence-corrected chi connectivity index (χ3v) is 6.06. The number of benzene rings is 1. The number of carbonyl (C=O) groups is 1. The van der Waals surface area contributed by atoms with E-state index in [0.29, 0.717) is 23.5 Å². The van der Waals surface area contributed by atoms with E-state index in [1.165, 1.54) is 10.5 Å². The zero-order valence-electron chi connectivity index (χ0n) is 10.3. The van der Waals surface area contributed by atoms with E-state index in [1.54, 1.807) is 11.8 Å². The molecule has 3 rings (SSSR count). The van der Waals surface area contributed by atoms with Crippen LogP contribution in [0.3, 0.4) is 0 Å². The molecule has 0 aliphatic carbocycles. The van der Waals surface area contributed by atoms with Gasteiger partial charge in [0, 0.05) is 23.3 Å². The summed E-state index contributed by atoms with van der Waals surface area (Å²) in [5.41, 5.74) is 1.34.